The monoisotopic (exact) mass is 293 g/mol. The smallest absolute Gasteiger partial charge is 0.191 e. The van der Waals surface area contributed by atoms with Crippen molar-refractivity contribution < 1.29 is 9.47 Å². The molecular formula is C16H27N3O2. The highest BCUT2D eigenvalue weighted by Gasteiger charge is 1.97. The average molecular weight is 293 g/mol. The van der Waals surface area contributed by atoms with Crippen molar-refractivity contribution in [2.45, 2.75) is 20.8 Å². The number of rotatable bonds is 9. The fourth-order valence-corrected chi connectivity index (χ4v) is 1.68. The maximum Gasteiger partial charge on any atom is 0.191 e. The molecule has 1 aromatic rings. The number of benzene rings is 1. The van der Waals surface area contributed by atoms with E-state index in [9.17, 15) is 0 Å². The van der Waals surface area contributed by atoms with E-state index in [1.54, 1.807) is 0 Å². The SMILES string of the molecule is CCNC(=NCCOCC)NCCOc1ccc(C)cc1. The van der Waals surface area contributed by atoms with Gasteiger partial charge in [-0.25, -0.2) is 0 Å². The molecule has 5 heteroatoms. The molecule has 0 aliphatic rings. The zero-order chi connectivity index (χ0) is 15.3. The molecule has 5 nitrogen and oxygen atoms in total. The lowest BCUT2D eigenvalue weighted by Gasteiger charge is -2.12. The Morgan fingerprint density at radius 1 is 1.10 bits per heavy atom. The van der Waals surface area contributed by atoms with Crippen molar-refractivity contribution in [1.29, 1.82) is 0 Å². The lowest BCUT2D eigenvalue weighted by molar-refractivity contribution is 0.155. The summed E-state index contributed by atoms with van der Waals surface area (Å²) in [6.07, 6.45) is 0. The van der Waals surface area contributed by atoms with Gasteiger partial charge in [0.15, 0.2) is 5.96 Å². The molecular weight excluding hydrogens is 266 g/mol. The van der Waals surface area contributed by atoms with E-state index in [1.165, 1.54) is 5.56 Å². The van der Waals surface area contributed by atoms with Gasteiger partial charge in [-0.05, 0) is 32.9 Å². The Kier molecular flexibility index (Phi) is 9.04. The topological polar surface area (TPSA) is 54.9 Å². The van der Waals surface area contributed by atoms with Crippen LogP contribution in [0.1, 0.15) is 19.4 Å². The van der Waals surface area contributed by atoms with Crippen molar-refractivity contribution in [2.24, 2.45) is 4.99 Å². The fourth-order valence-electron chi connectivity index (χ4n) is 1.68. The first kappa shape index (κ1) is 17.3. The van der Waals surface area contributed by atoms with Crippen molar-refractivity contribution in [3.05, 3.63) is 29.8 Å². The Morgan fingerprint density at radius 2 is 1.86 bits per heavy atom. The number of hydrogen-bond donors (Lipinski definition) is 2. The summed E-state index contributed by atoms with van der Waals surface area (Å²) < 4.78 is 10.9. The van der Waals surface area contributed by atoms with Gasteiger partial charge in [-0.15, -0.1) is 0 Å². The van der Waals surface area contributed by atoms with Gasteiger partial charge in [0.25, 0.3) is 0 Å². The van der Waals surface area contributed by atoms with E-state index in [1.807, 2.05) is 38.1 Å². The minimum Gasteiger partial charge on any atom is -0.492 e. The molecule has 0 saturated heterocycles. The van der Waals surface area contributed by atoms with Gasteiger partial charge in [0.05, 0.1) is 19.7 Å². The summed E-state index contributed by atoms with van der Waals surface area (Å²) in [7, 11) is 0. The minimum atomic E-state index is 0.596. The summed E-state index contributed by atoms with van der Waals surface area (Å²) in [6, 6.07) is 8.05. The number of hydrogen-bond acceptors (Lipinski definition) is 3. The molecule has 21 heavy (non-hydrogen) atoms. The summed E-state index contributed by atoms with van der Waals surface area (Å²) in [5, 5.41) is 6.43. The molecule has 0 radical (unpaired) electrons. The van der Waals surface area contributed by atoms with Crippen LogP contribution in [0.15, 0.2) is 29.3 Å². The molecule has 0 bridgehead atoms. The van der Waals surface area contributed by atoms with Gasteiger partial charge in [-0.3, -0.25) is 4.99 Å². The van der Waals surface area contributed by atoms with Crippen LogP contribution in [-0.4, -0.2) is 45.4 Å². The molecule has 0 aromatic heterocycles. The van der Waals surface area contributed by atoms with Crippen molar-refractivity contribution in [1.82, 2.24) is 10.6 Å². The third-order valence-corrected chi connectivity index (χ3v) is 2.74. The van der Waals surface area contributed by atoms with Crippen molar-refractivity contribution >= 4 is 5.96 Å². The molecule has 1 aromatic carbocycles. The summed E-state index contributed by atoms with van der Waals surface area (Å²) in [4.78, 5) is 4.42. The number of aliphatic imine (C=N–C) groups is 1. The van der Waals surface area contributed by atoms with E-state index < -0.39 is 0 Å². The van der Waals surface area contributed by atoms with E-state index in [0.29, 0.717) is 26.3 Å². The zero-order valence-electron chi connectivity index (χ0n) is 13.3. The van der Waals surface area contributed by atoms with Crippen molar-refractivity contribution in [3.63, 3.8) is 0 Å². The van der Waals surface area contributed by atoms with E-state index in [-0.39, 0.29) is 0 Å². The molecule has 0 fully saturated rings. The third kappa shape index (κ3) is 8.19. The zero-order valence-corrected chi connectivity index (χ0v) is 13.3. The second-order valence-electron chi connectivity index (χ2n) is 4.55. The Morgan fingerprint density at radius 3 is 2.52 bits per heavy atom. The van der Waals surface area contributed by atoms with Crippen LogP contribution in [0.2, 0.25) is 0 Å². The number of aryl methyl sites for hydroxylation is 1. The predicted molar refractivity (Wildman–Crippen MR) is 87.1 cm³/mol. The Hall–Kier alpha value is -1.75. The molecule has 0 saturated carbocycles. The number of nitrogens with zero attached hydrogens (tertiary/aromatic N) is 1. The highest BCUT2D eigenvalue weighted by molar-refractivity contribution is 5.79. The Bertz CT molecular complexity index is 404. The second kappa shape index (κ2) is 11.0. The lowest BCUT2D eigenvalue weighted by Crippen LogP contribution is -2.39. The molecule has 0 aliphatic carbocycles. The maximum absolute atomic E-state index is 5.66. The van der Waals surface area contributed by atoms with Crippen LogP contribution in [0.4, 0.5) is 0 Å². The molecule has 0 heterocycles. The molecule has 2 N–H and O–H groups in total. The average Bonchev–Trinajstić information content (AvgIpc) is 2.49. The maximum atomic E-state index is 5.66. The molecule has 0 unspecified atom stereocenters. The predicted octanol–water partition coefficient (Wildman–Crippen LogP) is 1.97. The summed E-state index contributed by atoms with van der Waals surface area (Å²) >= 11 is 0. The number of ether oxygens (including phenoxy) is 2. The fraction of sp³-hybridized carbons (Fsp3) is 0.562. The third-order valence-electron chi connectivity index (χ3n) is 2.74. The van der Waals surface area contributed by atoms with Gasteiger partial charge in [-0.1, -0.05) is 17.7 Å². The summed E-state index contributed by atoms with van der Waals surface area (Å²) in [5.41, 5.74) is 1.23. The molecule has 0 atom stereocenters. The van der Waals surface area contributed by atoms with Crippen LogP contribution in [0.25, 0.3) is 0 Å². The Labute approximate surface area is 127 Å². The van der Waals surface area contributed by atoms with Gasteiger partial charge in [0.1, 0.15) is 12.4 Å². The Balaban J connectivity index is 2.24. The van der Waals surface area contributed by atoms with Gasteiger partial charge in [-0.2, -0.15) is 0 Å². The van der Waals surface area contributed by atoms with Crippen LogP contribution < -0.4 is 15.4 Å². The molecule has 1 rings (SSSR count). The molecule has 0 aliphatic heterocycles. The van der Waals surface area contributed by atoms with E-state index in [2.05, 4.69) is 22.5 Å². The minimum absolute atomic E-state index is 0.596. The van der Waals surface area contributed by atoms with E-state index in [0.717, 1.165) is 24.9 Å². The quantitative estimate of drug-likeness (QED) is 0.415. The van der Waals surface area contributed by atoms with Gasteiger partial charge < -0.3 is 20.1 Å². The van der Waals surface area contributed by atoms with E-state index in [4.69, 9.17) is 9.47 Å². The highest BCUT2D eigenvalue weighted by Crippen LogP contribution is 2.10. The highest BCUT2D eigenvalue weighted by atomic mass is 16.5. The first-order valence-corrected chi connectivity index (χ1v) is 7.55. The molecule has 0 spiro atoms. The largest absolute Gasteiger partial charge is 0.492 e. The number of guanidine groups is 1. The van der Waals surface area contributed by atoms with Crippen LogP contribution in [0, 0.1) is 6.92 Å². The van der Waals surface area contributed by atoms with Crippen LogP contribution >= 0.6 is 0 Å². The number of nitrogens with one attached hydrogen (secondary N) is 2. The van der Waals surface area contributed by atoms with Gasteiger partial charge >= 0.3 is 0 Å². The van der Waals surface area contributed by atoms with E-state index >= 15 is 0 Å². The lowest BCUT2D eigenvalue weighted by atomic mass is 10.2. The first-order chi connectivity index (χ1) is 10.3. The molecule has 118 valence electrons. The normalized spacial score (nSPS) is 11.3. The van der Waals surface area contributed by atoms with Crippen LogP contribution in [-0.2, 0) is 4.74 Å². The second-order valence-corrected chi connectivity index (χ2v) is 4.55. The summed E-state index contributed by atoms with van der Waals surface area (Å²) in [6.45, 7) is 10.2. The van der Waals surface area contributed by atoms with Crippen molar-refractivity contribution in [2.75, 3.05) is 39.5 Å². The van der Waals surface area contributed by atoms with Crippen LogP contribution in [0.5, 0.6) is 5.75 Å². The first-order valence-electron chi connectivity index (χ1n) is 7.55. The standard InChI is InChI=1S/C16H27N3O2/c1-4-17-16(18-10-12-20-5-2)19-11-13-21-15-8-6-14(3)7-9-15/h6-9H,4-5,10-13H2,1-3H3,(H2,17,18,19). The van der Waals surface area contributed by atoms with Gasteiger partial charge in [0.2, 0.25) is 0 Å². The van der Waals surface area contributed by atoms with Gasteiger partial charge in [0, 0.05) is 13.2 Å². The summed E-state index contributed by atoms with van der Waals surface area (Å²) in [5.74, 6) is 1.69. The van der Waals surface area contributed by atoms with Crippen molar-refractivity contribution in [3.8, 4) is 5.75 Å². The van der Waals surface area contributed by atoms with Crippen LogP contribution in [0.3, 0.4) is 0 Å². The molecule has 0 amide bonds.